The Bertz CT molecular complexity index is 221. The van der Waals surface area contributed by atoms with E-state index in [9.17, 15) is 0 Å². The lowest BCUT2D eigenvalue weighted by molar-refractivity contribution is 0.335. The predicted octanol–water partition coefficient (Wildman–Crippen LogP) is 3.73. The zero-order valence-electron chi connectivity index (χ0n) is 9.35. The molecule has 0 radical (unpaired) electrons. The monoisotopic (exact) mass is 180 g/mol. The highest BCUT2D eigenvalue weighted by molar-refractivity contribution is 5.39. The molecule has 1 nitrogen and oxygen atoms in total. The maximum Gasteiger partial charge on any atom is 0.125 e. The van der Waals surface area contributed by atoms with Crippen molar-refractivity contribution in [3.05, 3.63) is 29.3 Å². The Hall–Kier alpha value is -0.980. The summed E-state index contributed by atoms with van der Waals surface area (Å²) >= 11 is 0. The highest BCUT2D eigenvalue weighted by Gasteiger charge is 1.99. The second-order valence-electron chi connectivity index (χ2n) is 2.65. The van der Waals surface area contributed by atoms with Crippen molar-refractivity contribution in [1.82, 2.24) is 0 Å². The third kappa shape index (κ3) is 3.49. The number of ether oxygens (including phenoxy) is 1. The molecule has 0 saturated heterocycles. The van der Waals surface area contributed by atoms with Crippen molar-refractivity contribution in [3.63, 3.8) is 0 Å². The molecule has 0 aliphatic heterocycles. The molecule has 0 aliphatic carbocycles. The molecular weight excluding hydrogens is 160 g/mol. The van der Waals surface area contributed by atoms with Crippen molar-refractivity contribution >= 4 is 0 Å². The standard InChI is InChI=1S/C10H14O.C2H6/c1-4-11-10-8(2)6-5-7-9(10)3;1-2/h5-7H,4H2,1-3H3;1-2H3. The predicted molar refractivity (Wildman–Crippen MR) is 58.4 cm³/mol. The molecule has 13 heavy (non-hydrogen) atoms. The number of aryl methyl sites for hydroxylation is 2. The molecule has 0 bridgehead atoms. The van der Waals surface area contributed by atoms with E-state index in [0.717, 1.165) is 12.4 Å². The molecule has 74 valence electrons. The Labute approximate surface area is 81.7 Å². The van der Waals surface area contributed by atoms with Crippen LogP contribution in [0, 0.1) is 13.8 Å². The van der Waals surface area contributed by atoms with E-state index < -0.39 is 0 Å². The van der Waals surface area contributed by atoms with Gasteiger partial charge in [-0.2, -0.15) is 0 Å². The Balaban J connectivity index is 0.000000671. The van der Waals surface area contributed by atoms with Gasteiger partial charge < -0.3 is 4.74 Å². The summed E-state index contributed by atoms with van der Waals surface area (Å²) in [6, 6.07) is 6.18. The van der Waals surface area contributed by atoms with Crippen LogP contribution in [0.1, 0.15) is 31.9 Å². The van der Waals surface area contributed by atoms with Crippen LogP contribution in [0.25, 0.3) is 0 Å². The van der Waals surface area contributed by atoms with Gasteiger partial charge in [0.1, 0.15) is 5.75 Å². The minimum atomic E-state index is 0.742. The largest absolute Gasteiger partial charge is 0.493 e. The van der Waals surface area contributed by atoms with Crippen LogP contribution in [-0.4, -0.2) is 6.61 Å². The maximum atomic E-state index is 5.47. The summed E-state index contributed by atoms with van der Waals surface area (Å²) in [6.45, 7) is 10.9. The molecule has 1 rings (SSSR count). The first-order valence-corrected chi connectivity index (χ1v) is 4.94. The molecule has 0 atom stereocenters. The van der Waals surface area contributed by atoms with Gasteiger partial charge in [0.25, 0.3) is 0 Å². The second-order valence-corrected chi connectivity index (χ2v) is 2.65. The Morgan fingerprint density at radius 3 is 1.92 bits per heavy atom. The number of benzene rings is 1. The lowest BCUT2D eigenvalue weighted by Gasteiger charge is -2.08. The summed E-state index contributed by atoms with van der Waals surface area (Å²) < 4.78 is 5.47. The third-order valence-corrected chi connectivity index (χ3v) is 1.70. The van der Waals surface area contributed by atoms with Gasteiger partial charge in [0, 0.05) is 0 Å². The van der Waals surface area contributed by atoms with Crippen molar-refractivity contribution in [2.45, 2.75) is 34.6 Å². The van der Waals surface area contributed by atoms with E-state index in [1.165, 1.54) is 11.1 Å². The Morgan fingerprint density at radius 2 is 1.54 bits per heavy atom. The maximum absolute atomic E-state index is 5.47. The van der Waals surface area contributed by atoms with E-state index >= 15 is 0 Å². The second kappa shape index (κ2) is 6.53. The van der Waals surface area contributed by atoms with Gasteiger partial charge >= 0.3 is 0 Å². The van der Waals surface area contributed by atoms with Gasteiger partial charge in [-0.25, -0.2) is 0 Å². The van der Waals surface area contributed by atoms with E-state index in [0.29, 0.717) is 0 Å². The van der Waals surface area contributed by atoms with Gasteiger partial charge in [0.15, 0.2) is 0 Å². The van der Waals surface area contributed by atoms with E-state index in [2.05, 4.69) is 26.0 Å². The van der Waals surface area contributed by atoms with Crippen LogP contribution in [0.5, 0.6) is 5.75 Å². The zero-order valence-corrected chi connectivity index (χ0v) is 9.35. The van der Waals surface area contributed by atoms with E-state index in [4.69, 9.17) is 4.74 Å². The molecular formula is C12H20O. The molecule has 0 spiro atoms. The van der Waals surface area contributed by atoms with Crippen LogP contribution >= 0.6 is 0 Å². The summed E-state index contributed by atoms with van der Waals surface area (Å²) in [5.74, 6) is 1.04. The first-order valence-electron chi connectivity index (χ1n) is 4.94. The molecule has 0 fully saturated rings. The topological polar surface area (TPSA) is 9.23 Å². The summed E-state index contributed by atoms with van der Waals surface area (Å²) in [5.41, 5.74) is 2.43. The molecule has 0 N–H and O–H groups in total. The number of hydrogen-bond donors (Lipinski definition) is 0. The van der Waals surface area contributed by atoms with E-state index in [-0.39, 0.29) is 0 Å². The summed E-state index contributed by atoms with van der Waals surface area (Å²) in [4.78, 5) is 0. The van der Waals surface area contributed by atoms with Gasteiger partial charge in [-0.1, -0.05) is 32.0 Å². The van der Waals surface area contributed by atoms with Crippen LogP contribution in [0.3, 0.4) is 0 Å². The Kier molecular flexibility index (Phi) is 6.03. The molecule has 1 aromatic carbocycles. The van der Waals surface area contributed by atoms with Crippen LogP contribution in [-0.2, 0) is 0 Å². The fourth-order valence-electron chi connectivity index (χ4n) is 1.17. The smallest absolute Gasteiger partial charge is 0.125 e. The van der Waals surface area contributed by atoms with Gasteiger partial charge in [-0.15, -0.1) is 0 Å². The van der Waals surface area contributed by atoms with Gasteiger partial charge in [0.05, 0.1) is 6.61 Å². The van der Waals surface area contributed by atoms with Gasteiger partial charge in [-0.3, -0.25) is 0 Å². The molecule has 0 heterocycles. The fourth-order valence-corrected chi connectivity index (χ4v) is 1.17. The van der Waals surface area contributed by atoms with Crippen LogP contribution in [0.2, 0.25) is 0 Å². The zero-order chi connectivity index (χ0) is 10.3. The van der Waals surface area contributed by atoms with Crippen molar-refractivity contribution in [2.75, 3.05) is 6.61 Å². The van der Waals surface area contributed by atoms with Gasteiger partial charge in [-0.05, 0) is 31.9 Å². The molecule has 1 heteroatoms. The molecule has 0 saturated carbocycles. The Morgan fingerprint density at radius 1 is 1.08 bits per heavy atom. The quantitative estimate of drug-likeness (QED) is 0.674. The van der Waals surface area contributed by atoms with E-state index in [1.807, 2.05) is 26.8 Å². The third-order valence-electron chi connectivity index (χ3n) is 1.70. The highest BCUT2D eigenvalue weighted by Crippen LogP contribution is 2.21. The molecule has 1 aromatic rings. The van der Waals surface area contributed by atoms with Crippen LogP contribution in [0.15, 0.2) is 18.2 Å². The molecule has 0 unspecified atom stereocenters. The van der Waals surface area contributed by atoms with Crippen molar-refractivity contribution in [1.29, 1.82) is 0 Å². The fraction of sp³-hybridized carbons (Fsp3) is 0.500. The first kappa shape index (κ1) is 12.0. The molecule has 0 aromatic heterocycles. The van der Waals surface area contributed by atoms with Crippen molar-refractivity contribution in [2.24, 2.45) is 0 Å². The highest BCUT2D eigenvalue weighted by atomic mass is 16.5. The molecule has 0 amide bonds. The summed E-state index contributed by atoms with van der Waals surface area (Å²) in [6.07, 6.45) is 0. The van der Waals surface area contributed by atoms with Gasteiger partial charge in [0.2, 0.25) is 0 Å². The summed E-state index contributed by atoms with van der Waals surface area (Å²) in [5, 5.41) is 0. The molecule has 0 aliphatic rings. The number of hydrogen-bond acceptors (Lipinski definition) is 1. The van der Waals surface area contributed by atoms with Crippen molar-refractivity contribution < 1.29 is 4.74 Å². The van der Waals surface area contributed by atoms with E-state index in [1.54, 1.807) is 0 Å². The van der Waals surface area contributed by atoms with Crippen LogP contribution < -0.4 is 4.74 Å². The normalized spacial score (nSPS) is 8.69. The average Bonchev–Trinajstić information content (AvgIpc) is 2.15. The lowest BCUT2D eigenvalue weighted by Crippen LogP contribution is -1.95. The number of rotatable bonds is 2. The van der Waals surface area contributed by atoms with Crippen LogP contribution in [0.4, 0.5) is 0 Å². The number of para-hydroxylation sites is 1. The summed E-state index contributed by atoms with van der Waals surface area (Å²) in [7, 11) is 0. The average molecular weight is 180 g/mol. The van der Waals surface area contributed by atoms with Crippen molar-refractivity contribution in [3.8, 4) is 5.75 Å². The first-order chi connectivity index (χ1) is 6.25. The minimum absolute atomic E-state index is 0.742. The lowest BCUT2D eigenvalue weighted by atomic mass is 10.1. The minimum Gasteiger partial charge on any atom is -0.493 e. The SMILES string of the molecule is CC.CCOc1c(C)cccc1C.